The molecule has 0 aliphatic rings. The number of aryl methyl sites for hydroxylation is 2. The fourth-order valence-electron chi connectivity index (χ4n) is 2.87. The standard InChI is InChI=1S/C21H23ClN4OS/c1-5-26-19(16-7-9-17(22)10-8-16)24-25-21(26)28-15(4)20(27)23-18-11-6-13(2)12-14(18)3/h6-12,15H,5H2,1-4H3,(H,23,27)/t15-/m0/s1. The van der Waals surface area contributed by atoms with E-state index in [1.165, 1.54) is 17.3 Å². The van der Waals surface area contributed by atoms with Crippen molar-refractivity contribution in [3.8, 4) is 11.4 Å². The topological polar surface area (TPSA) is 59.8 Å². The van der Waals surface area contributed by atoms with E-state index in [1.54, 1.807) is 0 Å². The van der Waals surface area contributed by atoms with Crippen LogP contribution in [0.4, 0.5) is 5.69 Å². The number of carbonyl (C=O) groups is 1. The Morgan fingerprint density at radius 3 is 2.54 bits per heavy atom. The molecule has 1 heterocycles. The van der Waals surface area contributed by atoms with Gasteiger partial charge >= 0.3 is 0 Å². The number of aromatic nitrogens is 3. The first-order valence-corrected chi connectivity index (χ1v) is 10.4. The second-order valence-electron chi connectivity index (χ2n) is 6.63. The van der Waals surface area contributed by atoms with Crippen LogP contribution in [0.15, 0.2) is 47.6 Å². The van der Waals surface area contributed by atoms with Gasteiger partial charge in [-0.25, -0.2) is 0 Å². The predicted octanol–water partition coefficient (Wildman–Crippen LogP) is 5.35. The van der Waals surface area contributed by atoms with Crippen LogP contribution in [0.2, 0.25) is 5.02 Å². The molecule has 0 saturated heterocycles. The molecule has 7 heteroatoms. The number of thioether (sulfide) groups is 1. The number of nitrogens with zero attached hydrogens (tertiary/aromatic N) is 3. The summed E-state index contributed by atoms with van der Waals surface area (Å²) in [5, 5.41) is 12.7. The Morgan fingerprint density at radius 2 is 1.89 bits per heavy atom. The van der Waals surface area contributed by atoms with Gasteiger partial charge in [0.05, 0.1) is 5.25 Å². The zero-order valence-electron chi connectivity index (χ0n) is 16.4. The van der Waals surface area contributed by atoms with Gasteiger partial charge in [0.15, 0.2) is 11.0 Å². The molecule has 0 unspecified atom stereocenters. The second-order valence-corrected chi connectivity index (χ2v) is 8.37. The highest BCUT2D eigenvalue weighted by Gasteiger charge is 2.20. The van der Waals surface area contributed by atoms with E-state index in [0.29, 0.717) is 11.6 Å². The number of benzene rings is 2. The smallest absolute Gasteiger partial charge is 0.237 e. The third-order valence-electron chi connectivity index (χ3n) is 4.43. The lowest BCUT2D eigenvalue weighted by Gasteiger charge is -2.14. The van der Waals surface area contributed by atoms with E-state index in [4.69, 9.17) is 11.6 Å². The molecular formula is C21H23ClN4OS. The minimum absolute atomic E-state index is 0.0596. The van der Waals surface area contributed by atoms with Crippen molar-refractivity contribution in [2.75, 3.05) is 5.32 Å². The molecule has 1 N–H and O–H groups in total. The summed E-state index contributed by atoms with van der Waals surface area (Å²) in [6, 6.07) is 13.5. The van der Waals surface area contributed by atoms with E-state index in [2.05, 4.69) is 21.6 Å². The van der Waals surface area contributed by atoms with E-state index < -0.39 is 0 Å². The van der Waals surface area contributed by atoms with Gasteiger partial charge in [-0.3, -0.25) is 4.79 Å². The Balaban J connectivity index is 1.75. The van der Waals surface area contributed by atoms with Gasteiger partial charge in [0.25, 0.3) is 0 Å². The highest BCUT2D eigenvalue weighted by molar-refractivity contribution is 8.00. The number of hydrogen-bond acceptors (Lipinski definition) is 4. The van der Waals surface area contributed by atoms with Gasteiger partial charge < -0.3 is 9.88 Å². The number of amides is 1. The quantitative estimate of drug-likeness (QED) is 0.552. The average Bonchev–Trinajstić information content (AvgIpc) is 3.07. The summed E-state index contributed by atoms with van der Waals surface area (Å²) in [7, 11) is 0. The first-order chi connectivity index (χ1) is 13.4. The number of halogens is 1. The summed E-state index contributed by atoms with van der Waals surface area (Å²) in [5.74, 6) is 0.708. The highest BCUT2D eigenvalue weighted by atomic mass is 35.5. The van der Waals surface area contributed by atoms with Crippen molar-refractivity contribution in [1.29, 1.82) is 0 Å². The Bertz CT molecular complexity index is 985. The highest BCUT2D eigenvalue weighted by Crippen LogP contribution is 2.28. The third-order valence-corrected chi connectivity index (χ3v) is 5.76. The lowest BCUT2D eigenvalue weighted by Crippen LogP contribution is -2.23. The van der Waals surface area contributed by atoms with Crippen molar-refractivity contribution in [2.45, 2.75) is 44.6 Å². The molecule has 146 valence electrons. The number of anilines is 1. The summed E-state index contributed by atoms with van der Waals surface area (Å²) < 4.78 is 2.01. The predicted molar refractivity (Wildman–Crippen MR) is 116 cm³/mol. The normalized spacial score (nSPS) is 12.0. The van der Waals surface area contributed by atoms with Crippen LogP contribution in [0.5, 0.6) is 0 Å². The van der Waals surface area contributed by atoms with Gasteiger partial charge in [-0.1, -0.05) is 41.1 Å². The first kappa shape index (κ1) is 20.4. The molecule has 3 aromatic rings. The fraction of sp³-hybridized carbons (Fsp3) is 0.286. The van der Waals surface area contributed by atoms with Crippen molar-refractivity contribution < 1.29 is 4.79 Å². The van der Waals surface area contributed by atoms with E-state index in [-0.39, 0.29) is 11.2 Å². The van der Waals surface area contributed by atoms with Crippen LogP contribution >= 0.6 is 23.4 Å². The molecule has 0 spiro atoms. The summed E-state index contributed by atoms with van der Waals surface area (Å²) in [5.41, 5.74) is 4.00. The van der Waals surface area contributed by atoms with Gasteiger partial charge in [-0.05, 0) is 63.6 Å². The Morgan fingerprint density at radius 1 is 1.18 bits per heavy atom. The molecule has 5 nitrogen and oxygen atoms in total. The maximum absolute atomic E-state index is 12.7. The van der Waals surface area contributed by atoms with Crippen molar-refractivity contribution in [1.82, 2.24) is 14.8 Å². The van der Waals surface area contributed by atoms with E-state index in [1.807, 2.05) is 68.7 Å². The first-order valence-electron chi connectivity index (χ1n) is 9.13. The Labute approximate surface area is 174 Å². The van der Waals surface area contributed by atoms with Gasteiger partial charge in [-0.2, -0.15) is 0 Å². The van der Waals surface area contributed by atoms with E-state index in [0.717, 1.165) is 27.8 Å². The number of nitrogens with one attached hydrogen (secondary N) is 1. The molecule has 28 heavy (non-hydrogen) atoms. The number of carbonyl (C=O) groups excluding carboxylic acids is 1. The molecule has 1 atom stereocenters. The van der Waals surface area contributed by atoms with E-state index >= 15 is 0 Å². The second kappa shape index (κ2) is 8.80. The Hall–Kier alpha value is -2.31. The van der Waals surface area contributed by atoms with Crippen molar-refractivity contribution in [2.24, 2.45) is 0 Å². The Kier molecular flexibility index (Phi) is 6.42. The number of rotatable bonds is 6. The molecule has 3 rings (SSSR count). The zero-order valence-corrected chi connectivity index (χ0v) is 17.9. The van der Waals surface area contributed by atoms with Crippen LogP contribution in [0.25, 0.3) is 11.4 Å². The fourth-order valence-corrected chi connectivity index (χ4v) is 3.91. The van der Waals surface area contributed by atoms with Crippen LogP contribution in [-0.2, 0) is 11.3 Å². The number of hydrogen-bond donors (Lipinski definition) is 1. The molecule has 0 fully saturated rings. The monoisotopic (exact) mass is 414 g/mol. The summed E-state index contributed by atoms with van der Waals surface area (Å²) >= 11 is 7.38. The average molecular weight is 415 g/mol. The molecule has 2 aromatic carbocycles. The molecule has 0 radical (unpaired) electrons. The van der Waals surface area contributed by atoms with E-state index in [9.17, 15) is 4.79 Å². The third kappa shape index (κ3) is 4.56. The van der Waals surface area contributed by atoms with Gasteiger partial charge in [0.1, 0.15) is 0 Å². The molecule has 1 amide bonds. The van der Waals surface area contributed by atoms with Gasteiger partial charge in [0.2, 0.25) is 5.91 Å². The molecule has 0 bridgehead atoms. The molecule has 0 aliphatic carbocycles. The molecule has 1 aromatic heterocycles. The maximum Gasteiger partial charge on any atom is 0.237 e. The van der Waals surface area contributed by atoms with Gasteiger partial charge in [0, 0.05) is 22.8 Å². The largest absolute Gasteiger partial charge is 0.325 e. The lowest BCUT2D eigenvalue weighted by atomic mass is 10.1. The van der Waals surface area contributed by atoms with Crippen LogP contribution < -0.4 is 5.32 Å². The summed E-state index contributed by atoms with van der Waals surface area (Å²) in [6.45, 7) is 8.64. The van der Waals surface area contributed by atoms with Gasteiger partial charge in [-0.15, -0.1) is 10.2 Å². The van der Waals surface area contributed by atoms with Crippen molar-refractivity contribution >= 4 is 35.0 Å². The lowest BCUT2D eigenvalue weighted by molar-refractivity contribution is -0.115. The molecule has 0 aliphatic heterocycles. The maximum atomic E-state index is 12.7. The summed E-state index contributed by atoms with van der Waals surface area (Å²) in [4.78, 5) is 12.7. The molecular weight excluding hydrogens is 392 g/mol. The SMILES string of the molecule is CCn1c(S[C@@H](C)C(=O)Nc2ccc(C)cc2C)nnc1-c1ccc(Cl)cc1. The summed E-state index contributed by atoms with van der Waals surface area (Å²) in [6.07, 6.45) is 0. The van der Waals surface area contributed by atoms with Crippen molar-refractivity contribution in [3.63, 3.8) is 0 Å². The zero-order chi connectivity index (χ0) is 20.3. The van der Waals surface area contributed by atoms with Crippen LogP contribution in [0.3, 0.4) is 0 Å². The minimum atomic E-state index is -0.312. The van der Waals surface area contributed by atoms with Crippen molar-refractivity contribution in [3.05, 3.63) is 58.6 Å². The van der Waals surface area contributed by atoms with Crippen LogP contribution in [-0.4, -0.2) is 25.9 Å². The molecule has 0 saturated carbocycles. The van der Waals surface area contributed by atoms with Crippen LogP contribution in [0.1, 0.15) is 25.0 Å². The minimum Gasteiger partial charge on any atom is -0.325 e. The van der Waals surface area contributed by atoms with Crippen LogP contribution in [0, 0.1) is 13.8 Å².